The van der Waals surface area contributed by atoms with Crippen LogP contribution < -0.4 is 10.6 Å². The number of likely N-dealkylation sites (tertiary alicyclic amines) is 1. The Kier molecular flexibility index (Phi) is 11.2. The number of nitrogens with one attached hydrogen (secondary N) is 2. The number of hydrogen-bond donors (Lipinski definition) is 2. The lowest BCUT2D eigenvalue weighted by molar-refractivity contribution is -0.121. The van der Waals surface area contributed by atoms with E-state index in [9.17, 15) is 9.59 Å². The Morgan fingerprint density at radius 2 is 2.07 bits per heavy atom. The van der Waals surface area contributed by atoms with Crippen LogP contribution in [0.1, 0.15) is 34.1 Å². The lowest BCUT2D eigenvalue weighted by Gasteiger charge is -2.39. The van der Waals surface area contributed by atoms with E-state index in [0.29, 0.717) is 16.8 Å². The van der Waals surface area contributed by atoms with Crippen molar-refractivity contribution in [3.63, 3.8) is 0 Å². The van der Waals surface area contributed by atoms with Crippen LogP contribution >= 0.6 is 11.6 Å². The molecule has 0 aromatic carbocycles. The summed E-state index contributed by atoms with van der Waals surface area (Å²) in [5, 5.41) is 6.42. The molecule has 1 aromatic rings. The smallest absolute Gasteiger partial charge is 0.242 e. The zero-order valence-corrected chi connectivity index (χ0v) is 18.7. The Hall–Kier alpha value is -2.18. The third kappa shape index (κ3) is 7.99. The summed E-state index contributed by atoms with van der Waals surface area (Å²) in [5.74, 6) is 1.08. The molecule has 0 aliphatic carbocycles. The van der Waals surface area contributed by atoms with Crippen molar-refractivity contribution in [3.05, 3.63) is 47.3 Å². The van der Waals surface area contributed by atoms with Crippen LogP contribution in [0.2, 0.25) is 5.02 Å². The van der Waals surface area contributed by atoms with Crippen LogP contribution in [0.4, 0.5) is 5.82 Å². The number of halogens is 1. The fraction of sp³-hybridized carbons (Fsp3) is 0.500. The van der Waals surface area contributed by atoms with E-state index >= 15 is 0 Å². The van der Waals surface area contributed by atoms with Gasteiger partial charge in [0, 0.05) is 26.3 Å². The lowest BCUT2D eigenvalue weighted by Crippen LogP contribution is -2.49. The van der Waals surface area contributed by atoms with Gasteiger partial charge >= 0.3 is 0 Å². The normalized spacial score (nSPS) is 21.1. The number of piperidine rings is 1. The SMILES string of the molecule is CC.CN/C=C(\C=C/C=O)C1CC(C)CN(C(C)C(=O)Nc2ccc(Cl)cn2)C1. The molecule has 3 unspecified atom stereocenters. The van der Waals surface area contributed by atoms with Crippen molar-refractivity contribution in [2.75, 3.05) is 25.5 Å². The van der Waals surface area contributed by atoms with Crippen LogP contribution in [0.15, 0.2) is 42.3 Å². The first-order valence-corrected chi connectivity index (χ1v) is 10.5. The molecule has 1 amide bonds. The summed E-state index contributed by atoms with van der Waals surface area (Å²) in [5.41, 5.74) is 1.06. The first-order chi connectivity index (χ1) is 13.9. The molecular weight excluding hydrogens is 388 g/mol. The number of nitrogens with zero attached hydrogens (tertiary/aromatic N) is 2. The van der Waals surface area contributed by atoms with E-state index in [0.717, 1.165) is 31.4 Å². The van der Waals surface area contributed by atoms with Gasteiger partial charge in [0.25, 0.3) is 0 Å². The highest BCUT2D eigenvalue weighted by Gasteiger charge is 2.31. The molecule has 2 N–H and O–H groups in total. The first-order valence-electron chi connectivity index (χ1n) is 10.1. The predicted octanol–water partition coefficient (Wildman–Crippen LogP) is 3.90. The Morgan fingerprint density at radius 1 is 1.34 bits per heavy atom. The molecule has 6 nitrogen and oxygen atoms in total. The fourth-order valence-electron chi connectivity index (χ4n) is 3.42. The van der Waals surface area contributed by atoms with Gasteiger partial charge in [0.2, 0.25) is 5.91 Å². The summed E-state index contributed by atoms with van der Waals surface area (Å²) in [6, 6.07) is 3.09. The molecule has 2 heterocycles. The average molecular weight is 421 g/mol. The Bertz CT molecular complexity index is 703. The van der Waals surface area contributed by atoms with Gasteiger partial charge < -0.3 is 10.6 Å². The van der Waals surface area contributed by atoms with Crippen LogP contribution in [-0.4, -0.2) is 48.3 Å². The third-order valence-electron chi connectivity index (χ3n) is 4.74. The van der Waals surface area contributed by atoms with Crippen LogP contribution in [0, 0.1) is 11.8 Å². The number of hydrogen-bond acceptors (Lipinski definition) is 5. The van der Waals surface area contributed by atoms with Crippen molar-refractivity contribution in [1.82, 2.24) is 15.2 Å². The molecule has 1 saturated heterocycles. The Labute approximate surface area is 179 Å². The number of aldehydes is 1. The van der Waals surface area contributed by atoms with E-state index in [2.05, 4.69) is 27.4 Å². The summed E-state index contributed by atoms with van der Waals surface area (Å²) < 4.78 is 0. The van der Waals surface area contributed by atoms with Gasteiger partial charge in [0.05, 0.1) is 11.1 Å². The molecule has 0 spiro atoms. The van der Waals surface area contributed by atoms with Gasteiger partial charge in [-0.25, -0.2) is 4.98 Å². The molecule has 2 rings (SSSR count). The molecule has 0 saturated carbocycles. The van der Waals surface area contributed by atoms with Crippen molar-refractivity contribution >= 4 is 29.6 Å². The molecule has 160 valence electrons. The zero-order valence-electron chi connectivity index (χ0n) is 18.0. The van der Waals surface area contributed by atoms with Gasteiger partial charge in [-0.3, -0.25) is 14.5 Å². The number of allylic oxidation sites excluding steroid dienone is 2. The standard InChI is InChI=1S/C20H27ClN4O2.C2H6/c1-14-9-17(16(10-22-3)5-4-8-26)13-25(12-14)15(2)20(27)24-19-7-6-18(21)11-23-19;1-2/h4-8,10-11,14-15,17,22H,9,12-13H2,1-3H3,(H,23,24,27);1-2H3/b5-4-,16-10+;. The summed E-state index contributed by atoms with van der Waals surface area (Å²) in [7, 11) is 1.84. The van der Waals surface area contributed by atoms with Gasteiger partial charge in [-0.15, -0.1) is 0 Å². The van der Waals surface area contributed by atoms with Crippen molar-refractivity contribution < 1.29 is 9.59 Å². The van der Waals surface area contributed by atoms with Crippen molar-refractivity contribution in [2.24, 2.45) is 11.8 Å². The van der Waals surface area contributed by atoms with Gasteiger partial charge in [-0.05, 0) is 55.2 Å². The van der Waals surface area contributed by atoms with E-state index in [-0.39, 0.29) is 17.9 Å². The topological polar surface area (TPSA) is 74.3 Å². The van der Waals surface area contributed by atoms with Crippen molar-refractivity contribution in [2.45, 2.75) is 40.2 Å². The van der Waals surface area contributed by atoms with Gasteiger partial charge in [-0.1, -0.05) is 38.4 Å². The summed E-state index contributed by atoms with van der Waals surface area (Å²) in [6.45, 7) is 9.70. The number of amides is 1. The molecule has 1 aromatic heterocycles. The molecule has 7 heteroatoms. The lowest BCUT2D eigenvalue weighted by atomic mass is 9.84. The van der Waals surface area contributed by atoms with E-state index < -0.39 is 0 Å². The molecule has 1 fully saturated rings. The first kappa shape index (κ1) is 24.9. The molecule has 1 aliphatic heterocycles. The molecular formula is C22H33ClN4O2. The van der Waals surface area contributed by atoms with Gasteiger partial charge in [0.15, 0.2) is 0 Å². The monoisotopic (exact) mass is 420 g/mol. The Balaban J connectivity index is 0.00000204. The highest BCUT2D eigenvalue weighted by Crippen LogP contribution is 2.29. The van der Waals surface area contributed by atoms with Crippen LogP contribution in [-0.2, 0) is 9.59 Å². The number of rotatable bonds is 7. The molecule has 3 atom stereocenters. The maximum Gasteiger partial charge on any atom is 0.242 e. The van der Waals surface area contributed by atoms with Crippen molar-refractivity contribution in [1.29, 1.82) is 0 Å². The van der Waals surface area contributed by atoms with Crippen LogP contribution in [0.25, 0.3) is 0 Å². The molecule has 0 bridgehead atoms. The number of carbonyl (C=O) groups excluding carboxylic acids is 2. The molecule has 29 heavy (non-hydrogen) atoms. The number of pyridine rings is 1. The van der Waals surface area contributed by atoms with Crippen LogP contribution in [0.3, 0.4) is 0 Å². The predicted molar refractivity (Wildman–Crippen MR) is 120 cm³/mol. The van der Waals surface area contributed by atoms with Gasteiger partial charge in [0.1, 0.15) is 12.1 Å². The second kappa shape index (κ2) is 13.1. The second-order valence-corrected chi connectivity index (χ2v) is 7.38. The minimum Gasteiger partial charge on any atom is -0.394 e. The molecule has 0 radical (unpaired) electrons. The highest BCUT2D eigenvalue weighted by atomic mass is 35.5. The van der Waals surface area contributed by atoms with Gasteiger partial charge in [-0.2, -0.15) is 0 Å². The van der Waals surface area contributed by atoms with Crippen molar-refractivity contribution in [3.8, 4) is 0 Å². The number of carbonyl (C=O) groups is 2. The van der Waals surface area contributed by atoms with E-state index in [1.165, 1.54) is 12.3 Å². The minimum atomic E-state index is -0.293. The second-order valence-electron chi connectivity index (χ2n) is 6.95. The van der Waals surface area contributed by atoms with E-state index in [1.807, 2.05) is 40.1 Å². The summed E-state index contributed by atoms with van der Waals surface area (Å²) >= 11 is 5.83. The maximum atomic E-state index is 12.7. The maximum absolute atomic E-state index is 12.7. The average Bonchev–Trinajstić information content (AvgIpc) is 2.73. The fourth-order valence-corrected chi connectivity index (χ4v) is 3.53. The summed E-state index contributed by atoms with van der Waals surface area (Å²) in [6.07, 6.45) is 8.57. The number of anilines is 1. The quantitative estimate of drug-likeness (QED) is 0.397. The van der Waals surface area contributed by atoms with Crippen LogP contribution in [0.5, 0.6) is 0 Å². The van der Waals surface area contributed by atoms with E-state index in [4.69, 9.17) is 11.6 Å². The van der Waals surface area contributed by atoms with E-state index in [1.54, 1.807) is 12.1 Å². The highest BCUT2D eigenvalue weighted by molar-refractivity contribution is 6.30. The zero-order chi connectivity index (χ0) is 21.8. The summed E-state index contributed by atoms with van der Waals surface area (Å²) in [4.78, 5) is 29.7. The minimum absolute atomic E-state index is 0.0970. The Morgan fingerprint density at radius 3 is 2.66 bits per heavy atom. The molecule has 1 aliphatic rings. The largest absolute Gasteiger partial charge is 0.394 e. The number of aromatic nitrogens is 1. The third-order valence-corrected chi connectivity index (χ3v) is 4.97.